The lowest BCUT2D eigenvalue weighted by Crippen LogP contribution is -2.38. The lowest BCUT2D eigenvalue weighted by molar-refractivity contribution is -0.274. The summed E-state index contributed by atoms with van der Waals surface area (Å²) in [5, 5.41) is 3.65. The third-order valence-corrected chi connectivity index (χ3v) is 6.14. The summed E-state index contributed by atoms with van der Waals surface area (Å²) in [7, 11) is 1.62. The topological polar surface area (TPSA) is 50.8 Å². The molecule has 1 N–H and O–H groups in total. The molecule has 1 amide bonds. The van der Waals surface area contributed by atoms with Crippen molar-refractivity contribution in [1.82, 2.24) is 10.2 Å². The number of benzene rings is 3. The fourth-order valence-electron chi connectivity index (χ4n) is 4.26. The number of ether oxygens (including phenoxy) is 2. The summed E-state index contributed by atoms with van der Waals surface area (Å²) < 4.78 is 46.2. The molecule has 0 radical (unpaired) electrons. The van der Waals surface area contributed by atoms with Crippen LogP contribution in [0.25, 0.3) is 0 Å². The molecule has 0 bridgehead atoms. The van der Waals surface area contributed by atoms with Crippen LogP contribution in [0.3, 0.4) is 0 Å². The van der Waals surface area contributed by atoms with Gasteiger partial charge in [0.1, 0.15) is 11.5 Å². The first-order valence-electron chi connectivity index (χ1n) is 11.0. The average Bonchev–Trinajstić information content (AvgIpc) is 3.28. The van der Waals surface area contributed by atoms with E-state index in [4.69, 9.17) is 16.3 Å². The van der Waals surface area contributed by atoms with Crippen molar-refractivity contribution in [3.63, 3.8) is 0 Å². The van der Waals surface area contributed by atoms with Gasteiger partial charge in [-0.05, 0) is 66.1 Å². The van der Waals surface area contributed by atoms with Crippen LogP contribution < -0.4 is 14.8 Å². The molecule has 35 heavy (non-hydrogen) atoms. The van der Waals surface area contributed by atoms with Gasteiger partial charge in [-0.25, -0.2) is 0 Å². The van der Waals surface area contributed by atoms with Crippen molar-refractivity contribution < 1.29 is 27.4 Å². The lowest BCUT2D eigenvalue weighted by Gasteiger charge is -2.29. The average molecular weight is 505 g/mol. The van der Waals surface area contributed by atoms with E-state index in [9.17, 15) is 18.0 Å². The Labute approximate surface area is 206 Å². The molecule has 9 heteroatoms. The fraction of sp³-hybridized carbons (Fsp3) is 0.269. The van der Waals surface area contributed by atoms with E-state index in [-0.39, 0.29) is 29.3 Å². The van der Waals surface area contributed by atoms with E-state index in [0.717, 1.165) is 42.0 Å². The van der Waals surface area contributed by atoms with Crippen molar-refractivity contribution in [1.29, 1.82) is 0 Å². The summed E-state index contributed by atoms with van der Waals surface area (Å²) in [5.74, 6) is 0.0520. The highest BCUT2D eigenvalue weighted by atomic mass is 35.5. The molecule has 0 spiro atoms. The number of carbonyl (C=O) groups excluding carboxylic acids is 1. The van der Waals surface area contributed by atoms with Gasteiger partial charge in [-0.15, -0.1) is 13.2 Å². The highest BCUT2D eigenvalue weighted by Crippen LogP contribution is 2.33. The Balaban J connectivity index is 1.46. The van der Waals surface area contributed by atoms with Gasteiger partial charge in [0.15, 0.2) is 0 Å². The van der Waals surface area contributed by atoms with Crippen LogP contribution in [-0.2, 0) is 0 Å². The Morgan fingerprint density at radius 2 is 1.54 bits per heavy atom. The molecule has 1 aliphatic rings. The van der Waals surface area contributed by atoms with E-state index in [2.05, 4.69) is 15.0 Å². The zero-order valence-corrected chi connectivity index (χ0v) is 19.6. The molecule has 5 nitrogen and oxygen atoms in total. The number of amides is 1. The molecule has 4 rings (SSSR count). The van der Waals surface area contributed by atoms with Crippen LogP contribution in [-0.4, -0.2) is 43.4 Å². The number of likely N-dealkylation sites (tertiary alicyclic amines) is 1. The Kier molecular flexibility index (Phi) is 7.52. The highest BCUT2D eigenvalue weighted by molar-refractivity contribution is 6.30. The summed E-state index contributed by atoms with van der Waals surface area (Å²) in [5.41, 5.74) is 2.43. The van der Waals surface area contributed by atoms with Crippen LogP contribution in [0.2, 0.25) is 5.02 Å². The summed E-state index contributed by atoms with van der Waals surface area (Å²) in [6.45, 7) is 1.36. The van der Waals surface area contributed by atoms with Crippen molar-refractivity contribution in [3.8, 4) is 11.5 Å². The van der Waals surface area contributed by atoms with Gasteiger partial charge in [0.05, 0.1) is 13.2 Å². The van der Waals surface area contributed by atoms with Crippen LogP contribution in [0, 0.1) is 0 Å². The molecule has 0 aromatic heterocycles. The quantitative estimate of drug-likeness (QED) is 0.439. The number of carbonyl (C=O) groups is 1. The maximum atomic E-state index is 12.7. The van der Waals surface area contributed by atoms with Gasteiger partial charge < -0.3 is 14.8 Å². The van der Waals surface area contributed by atoms with Gasteiger partial charge in [-0.1, -0.05) is 35.9 Å². The zero-order valence-electron chi connectivity index (χ0n) is 18.9. The Morgan fingerprint density at radius 3 is 2.11 bits per heavy atom. The number of alkyl halides is 3. The van der Waals surface area contributed by atoms with E-state index >= 15 is 0 Å². The normalized spacial score (nSPS) is 17.1. The molecule has 2 atom stereocenters. The van der Waals surface area contributed by atoms with Crippen LogP contribution in [0.4, 0.5) is 13.2 Å². The molecular formula is C26H24ClF3N2O3. The molecule has 3 aromatic carbocycles. The Bertz CT molecular complexity index is 1140. The van der Waals surface area contributed by atoms with Gasteiger partial charge in [0.25, 0.3) is 5.91 Å². The van der Waals surface area contributed by atoms with E-state index < -0.39 is 6.36 Å². The molecule has 1 saturated heterocycles. The first kappa shape index (κ1) is 24.9. The molecule has 184 valence electrons. The van der Waals surface area contributed by atoms with Crippen LogP contribution >= 0.6 is 11.6 Å². The fourth-order valence-corrected chi connectivity index (χ4v) is 4.39. The molecule has 0 saturated carbocycles. The lowest BCUT2D eigenvalue weighted by atomic mass is 9.97. The smallest absolute Gasteiger partial charge is 0.497 e. The molecule has 1 unspecified atom stereocenters. The Morgan fingerprint density at radius 1 is 0.971 bits per heavy atom. The maximum Gasteiger partial charge on any atom is 0.573 e. The second kappa shape index (κ2) is 10.6. The van der Waals surface area contributed by atoms with E-state index in [1.54, 1.807) is 7.11 Å². The van der Waals surface area contributed by atoms with Gasteiger partial charge in [0.2, 0.25) is 0 Å². The number of rotatable bonds is 7. The van der Waals surface area contributed by atoms with Crippen LogP contribution in [0.5, 0.6) is 11.5 Å². The molecule has 1 heterocycles. The minimum atomic E-state index is -4.78. The minimum absolute atomic E-state index is 0.0427. The summed E-state index contributed by atoms with van der Waals surface area (Å²) >= 11 is 6.10. The first-order valence-corrected chi connectivity index (χ1v) is 11.4. The molecule has 0 aliphatic carbocycles. The van der Waals surface area contributed by atoms with Gasteiger partial charge in [-0.2, -0.15) is 0 Å². The van der Waals surface area contributed by atoms with E-state index in [1.165, 1.54) is 12.1 Å². The van der Waals surface area contributed by atoms with E-state index in [0.29, 0.717) is 11.6 Å². The predicted molar refractivity (Wildman–Crippen MR) is 127 cm³/mol. The van der Waals surface area contributed by atoms with Crippen LogP contribution in [0.1, 0.15) is 33.9 Å². The number of hydrogen-bond acceptors (Lipinski definition) is 4. The monoisotopic (exact) mass is 504 g/mol. The van der Waals surface area contributed by atoms with Gasteiger partial charge >= 0.3 is 6.36 Å². The summed E-state index contributed by atoms with van der Waals surface area (Å²) in [6.07, 6.45) is -4.04. The standard InChI is InChI=1S/C26H24ClF3N2O3/c1-34-22-10-4-18(5-11-22)24(17-2-8-20(27)9-3-17)32-15-14-21(16-32)31-25(33)19-6-12-23(13-7-19)35-26(28,29)30/h2-13,21,24H,14-16H2,1H3,(H,31,33)/t21?,24-/m0/s1. The predicted octanol–water partition coefficient (Wildman–Crippen LogP) is 5.84. The van der Waals surface area contributed by atoms with Crippen molar-refractivity contribution >= 4 is 17.5 Å². The second-order valence-corrected chi connectivity index (χ2v) is 8.69. The van der Waals surface area contributed by atoms with Crippen molar-refractivity contribution in [2.24, 2.45) is 0 Å². The third kappa shape index (κ3) is 6.46. The van der Waals surface area contributed by atoms with Gasteiger partial charge in [-0.3, -0.25) is 9.69 Å². The molecule has 3 aromatic rings. The first-order chi connectivity index (χ1) is 16.7. The number of methoxy groups -OCH3 is 1. The second-order valence-electron chi connectivity index (χ2n) is 8.25. The number of nitrogens with zero attached hydrogens (tertiary/aromatic N) is 1. The van der Waals surface area contributed by atoms with Crippen LogP contribution in [0.15, 0.2) is 72.8 Å². The maximum absolute atomic E-state index is 12.7. The summed E-state index contributed by atoms with van der Waals surface area (Å²) in [4.78, 5) is 15.0. The number of nitrogens with one attached hydrogen (secondary N) is 1. The zero-order chi connectivity index (χ0) is 25.0. The highest BCUT2D eigenvalue weighted by Gasteiger charge is 2.32. The van der Waals surface area contributed by atoms with Crippen molar-refractivity contribution in [3.05, 3.63) is 94.5 Å². The third-order valence-electron chi connectivity index (χ3n) is 5.89. The largest absolute Gasteiger partial charge is 0.573 e. The number of hydrogen-bond donors (Lipinski definition) is 1. The van der Waals surface area contributed by atoms with Crippen molar-refractivity contribution in [2.45, 2.75) is 24.9 Å². The molecule has 1 fully saturated rings. The van der Waals surface area contributed by atoms with Gasteiger partial charge in [0, 0.05) is 29.7 Å². The summed E-state index contributed by atoms with van der Waals surface area (Å²) in [6, 6.07) is 20.3. The Hall–Kier alpha value is -3.23. The van der Waals surface area contributed by atoms with E-state index in [1.807, 2.05) is 48.5 Å². The molecule has 1 aliphatic heterocycles. The SMILES string of the molecule is COc1ccc([C@H](c2ccc(Cl)cc2)N2CCC(NC(=O)c3ccc(OC(F)(F)F)cc3)C2)cc1. The molecular weight excluding hydrogens is 481 g/mol. The van der Waals surface area contributed by atoms with Crippen molar-refractivity contribution in [2.75, 3.05) is 20.2 Å². The number of halogens is 4. The minimum Gasteiger partial charge on any atom is -0.497 e.